The van der Waals surface area contributed by atoms with Crippen molar-refractivity contribution in [1.29, 1.82) is 0 Å². The van der Waals surface area contributed by atoms with Gasteiger partial charge >= 0.3 is 6.03 Å². The number of aryl methyl sites for hydroxylation is 2. The van der Waals surface area contributed by atoms with Crippen LogP contribution < -0.4 is 5.32 Å². The van der Waals surface area contributed by atoms with Crippen molar-refractivity contribution in [1.82, 2.24) is 25.1 Å². The molecule has 4 aromatic rings. The third-order valence-corrected chi connectivity index (χ3v) is 4.72. The molecular formula is C23H20FN5O. The molecule has 0 saturated heterocycles. The summed E-state index contributed by atoms with van der Waals surface area (Å²) in [4.78, 5) is 21.2. The highest BCUT2D eigenvalue weighted by atomic mass is 19.1. The van der Waals surface area contributed by atoms with Crippen LogP contribution in [0.15, 0.2) is 67.3 Å². The molecule has 0 aliphatic heterocycles. The van der Waals surface area contributed by atoms with Crippen LogP contribution in [-0.2, 0) is 6.54 Å². The van der Waals surface area contributed by atoms with Crippen LogP contribution in [0.1, 0.15) is 16.8 Å². The van der Waals surface area contributed by atoms with Crippen molar-refractivity contribution in [2.24, 2.45) is 0 Å². The second-order valence-corrected chi connectivity index (χ2v) is 7.03. The van der Waals surface area contributed by atoms with Gasteiger partial charge in [0.1, 0.15) is 5.82 Å². The number of halogens is 1. The first-order valence-corrected chi connectivity index (χ1v) is 9.47. The second-order valence-electron chi connectivity index (χ2n) is 7.03. The Morgan fingerprint density at radius 3 is 2.53 bits per heavy atom. The van der Waals surface area contributed by atoms with Gasteiger partial charge in [0.25, 0.3) is 0 Å². The molecule has 0 radical (unpaired) electrons. The number of aromatic nitrogens is 4. The number of amides is 1. The Bertz CT molecular complexity index is 1200. The molecule has 0 aliphatic carbocycles. The van der Waals surface area contributed by atoms with Crippen LogP contribution in [0.4, 0.5) is 9.18 Å². The normalized spacial score (nSPS) is 10.8. The maximum absolute atomic E-state index is 13.1. The molecule has 1 amide bonds. The molecule has 0 spiro atoms. The maximum Gasteiger partial charge on any atom is 0.342 e. The van der Waals surface area contributed by atoms with Crippen molar-refractivity contribution in [2.45, 2.75) is 20.4 Å². The van der Waals surface area contributed by atoms with E-state index in [2.05, 4.69) is 20.4 Å². The van der Waals surface area contributed by atoms with Crippen molar-refractivity contribution >= 4 is 6.03 Å². The number of nitrogens with one attached hydrogen (secondary N) is 1. The Kier molecular flexibility index (Phi) is 5.34. The van der Waals surface area contributed by atoms with Crippen LogP contribution in [0.25, 0.3) is 22.4 Å². The van der Waals surface area contributed by atoms with Crippen LogP contribution in [-0.4, -0.2) is 25.8 Å². The van der Waals surface area contributed by atoms with Gasteiger partial charge in [-0.15, -0.1) is 0 Å². The summed E-state index contributed by atoms with van der Waals surface area (Å²) in [5.41, 5.74) is 6.28. The van der Waals surface area contributed by atoms with E-state index in [1.807, 2.05) is 32.0 Å². The summed E-state index contributed by atoms with van der Waals surface area (Å²) >= 11 is 0. The van der Waals surface area contributed by atoms with Crippen LogP contribution in [0.2, 0.25) is 0 Å². The highest BCUT2D eigenvalue weighted by molar-refractivity contribution is 5.77. The van der Waals surface area contributed by atoms with Gasteiger partial charge in [-0.3, -0.25) is 9.97 Å². The third kappa shape index (κ3) is 4.25. The van der Waals surface area contributed by atoms with Crippen molar-refractivity contribution in [3.8, 4) is 22.4 Å². The largest absolute Gasteiger partial charge is 0.342 e. The molecule has 1 aromatic carbocycles. The van der Waals surface area contributed by atoms with Gasteiger partial charge in [0.05, 0.1) is 11.9 Å². The van der Waals surface area contributed by atoms with Gasteiger partial charge in [-0.25, -0.2) is 9.18 Å². The van der Waals surface area contributed by atoms with Gasteiger partial charge in [-0.1, -0.05) is 18.2 Å². The first kappa shape index (κ1) is 19.4. The molecule has 3 heterocycles. The molecule has 6 nitrogen and oxygen atoms in total. The van der Waals surface area contributed by atoms with Crippen molar-refractivity contribution in [3.05, 3.63) is 89.9 Å². The highest BCUT2D eigenvalue weighted by Gasteiger charge is 2.10. The van der Waals surface area contributed by atoms with Gasteiger partial charge in [0, 0.05) is 42.0 Å². The maximum atomic E-state index is 13.1. The average Bonchev–Trinajstić information content (AvgIpc) is 3.23. The molecule has 0 unspecified atom stereocenters. The van der Waals surface area contributed by atoms with E-state index in [-0.39, 0.29) is 11.8 Å². The smallest absolute Gasteiger partial charge is 0.332 e. The van der Waals surface area contributed by atoms with E-state index in [4.69, 9.17) is 0 Å². The van der Waals surface area contributed by atoms with Gasteiger partial charge in [-0.2, -0.15) is 9.78 Å². The Balaban J connectivity index is 1.43. The molecule has 0 aliphatic rings. The number of hydrogen-bond donors (Lipinski definition) is 1. The van der Waals surface area contributed by atoms with Crippen LogP contribution in [0, 0.1) is 19.7 Å². The lowest BCUT2D eigenvalue weighted by atomic mass is 10.1. The third-order valence-electron chi connectivity index (χ3n) is 4.72. The van der Waals surface area contributed by atoms with E-state index in [1.54, 1.807) is 36.9 Å². The fraction of sp³-hybridized carbons (Fsp3) is 0.130. The van der Waals surface area contributed by atoms with Crippen molar-refractivity contribution in [3.63, 3.8) is 0 Å². The minimum absolute atomic E-state index is 0.308. The van der Waals surface area contributed by atoms with E-state index in [0.717, 1.165) is 39.2 Å². The Labute approximate surface area is 173 Å². The lowest BCUT2D eigenvalue weighted by Crippen LogP contribution is -2.28. The molecule has 0 bridgehead atoms. The van der Waals surface area contributed by atoms with Gasteiger partial charge in [0.15, 0.2) is 0 Å². The highest BCUT2D eigenvalue weighted by Crippen LogP contribution is 2.22. The van der Waals surface area contributed by atoms with E-state index >= 15 is 0 Å². The van der Waals surface area contributed by atoms with Gasteiger partial charge in [0.2, 0.25) is 0 Å². The van der Waals surface area contributed by atoms with Crippen molar-refractivity contribution < 1.29 is 9.18 Å². The second kappa shape index (κ2) is 8.24. The standard InChI is InChI=1S/C23H20FN5O/c1-15-9-17(11-26-22(15)19-7-8-25-16(2)10-19)12-27-23(30)29-14-20(13-28-29)18-3-5-21(24)6-4-18/h3-11,13-14H,12H2,1-2H3,(H,27,30). The molecule has 4 rings (SSSR count). The summed E-state index contributed by atoms with van der Waals surface area (Å²) in [6.07, 6.45) is 6.71. The van der Waals surface area contributed by atoms with Crippen LogP contribution >= 0.6 is 0 Å². The number of hydrogen-bond acceptors (Lipinski definition) is 4. The van der Waals surface area contributed by atoms with E-state index < -0.39 is 0 Å². The zero-order valence-electron chi connectivity index (χ0n) is 16.6. The topological polar surface area (TPSA) is 72.7 Å². The molecule has 0 atom stereocenters. The van der Waals surface area contributed by atoms with E-state index in [1.165, 1.54) is 16.8 Å². The monoisotopic (exact) mass is 401 g/mol. The number of pyridine rings is 2. The van der Waals surface area contributed by atoms with Gasteiger partial charge < -0.3 is 5.32 Å². The van der Waals surface area contributed by atoms with Gasteiger partial charge in [-0.05, 0) is 54.8 Å². The zero-order chi connectivity index (χ0) is 21.1. The summed E-state index contributed by atoms with van der Waals surface area (Å²) in [7, 11) is 0. The quantitative estimate of drug-likeness (QED) is 0.546. The predicted octanol–water partition coefficient (Wildman–Crippen LogP) is 4.52. The molecule has 150 valence electrons. The minimum Gasteiger partial charge on any atom is -0.332 e. The first-order chi connectivity index (χ1) is 14.5. The molecule has 30 heavy (non-hydrogen) atoms. The number of rotatable bonds is 4. The Morgan fingerprint density at radius 1 is 1.00 bits per heavy atom. The molecule has 0 fully saturated rings. The van der Waals surface area contributed by atoms with Crippen LogP contribution in [0.5, 0.6) is 0 Å². The predicted molar refractivity (Wildman–Crippen MR) is 112 cm³/mol. The summed E-state index contributed by atoms with van der Waals surface area (Å²) in [5.74, 6) is -0.308. The summed E-state index contributed by atoms with van der Waals surface area (Å²) < 4.78 is 14.3. The molecule has 7 heteroatoms. The zero-order valence-corrected chi connectivity index (χ0v) is 16.6. The summed E-state index contributed by atoms with van der Waals surface area (Å²) in [6, 6.07) is 11.6. The SMILES string of the molecule is Cc1cc(-c2ncc(CNC(=O)n3cc(-c4ccc(F)cc4)cn3)cc2C)ccn1. The summed E-state index contributed by atoms with van der Waals surface area (Å²) in [6.45, 7) is 4.26. The Morgan fingerprint density at radius 2 is 1.80 bits per heavy atom. The minimum atomic E-state index is -0.352. The molecule has 0 saturated carbocycles. The number of nitrogens with zero attached hydrogens (tertiary/aromatic N) is 4. The van der Waals surface area contributed by atoms with Crippen LogP contribution in [0.3, 0.4) is 0 Å². The fourth-order valence-corrected chi connectivity index (χ4v) is 3.21. The van der Waals surface area contributed by atoms with E-state index in [9.17, 15) is 9.18 Å². The average molecular weight is 401 g/mol. The lowest BCUT2D eigenvalue weighted by Gasteiger charge is -2.09. The Hall–Kier alpha value is -3.87. The number of benzene rings is 1. The first-order valence-electron chi connectivity index (χ1n) is 9.47. The van der Waals surface area contributed by atoms with Crippen molar-refractivity contribution in [2.75, 3.05) is 0 Å². The number of carbonyl (C=O) groups excluding carboxylic acids is 1. The molecule has 3 aromatic heterocycles. The lowest BCUT2D eigenvalue weighted by molar-refractivity contribution is 0.239. The fourth-order valence-electron chi connectivity index (χ4n) is 3.21. The number of carbonyl (C=O) groups is 1. The van der Waals surface area contributed by atoms with E-state index in [0.29, 0.717) is 6.54 Å². The molecule has 1 N–H and O–H groups in total. The summed E-state index contributed by atoms with van der Waals surface area (Å²) in [5, 5.41) is 6.93. The molecular weight excluding hydrogens is 381 g/mol.